The van der Waals surface area contributed by atoms with Crippen molar-refractivity contribution < 1.29 is 9.47 Å². The molecule has 0 aliphatic heterocycles. The van der Waals surface area contributed by atoms with E-state index in [0.717, 1.165) is 5.69 Å². The minimum atomic E-state index is -0.380. The Morgan fingerprint density at radius 1 is 1.16 bits per heavy atom. The van der Waals surface area contributed by atoms with Crippen molar-refractivity contribution in [2.24, 2.45) is 0 Å². The normalized spacial score (nSPS) is 17.8. The molecule has 5 nitrogen and oxygen atoms in total. The van der Waals surface area contributed by atoms with Gasteiger partial charge in [-0.2, -0.15) is 0 Å². The fourth-order valence-electron chi connectivity index (χ4n) is 2.62. The molecule has 0 N–H and O–H groups in total. The third kappa shape index (κ3) is 4.01. The number of aromatic nitrogens is 3. The van der Waals surface area contributed by atoms with Crippen molar-refractivity contribution in [3.05, 3.63) is 11.9 Å². The van der Waals surface area contributed by atoms with Gasteiger partial charge in [0.25, 0.3) is 0 Å². The average Bonchev–Trinajstić information content (AvgIpc) is 2.74. The van der Waals surface area contributed by atoms with Crippen molar-refractivity contribution in [2.75, 3.05) is 13.2 Å². The number of hydrogen-bond donors (Lipinski definition) is 0. The van der Waals surface area contributed by atoms with Crippen LogP contribution in [0, 0.1) is 0 Å². The summed E-state index contributed by atoms with van der Waals surface area (Å²) in [5.74, 6) is 0. The van der Waals surface area contributed by atoms with Gasteiger partial charge in [0.2, 0.25) is 6.29 Å². The van der Waals surface area contributed by atoms with E-state index in [-0.39, 0.29) is 6.29 Å². The molecule has 1 aliphatic carbocycles. The maximum Gasteiger partial charge on any atom is 0.204 e. The van der Waals surface area contributed by atoms with E-state index in [2.05, 4.69) is 10.3 Å². The summed E-state index contributed by atoms with van der Waals surface area (Å²) >= 11 is 0. The van der Waals surface area contributed by atoms with Crippen molar-refractivity contribution >= 4 is 0 Å². The van der Waals surface area contributed by atoms with Gasteiger partial charge >= 0.3 is 0 Å². The summed E-state index contributed by atoms with van der Waals surface area (Å²) in [5, 5.41) is 8.50. The van der Waals surface area contributed by atoms with Crippen LogP contribution < -0.4 is 0 Å². The molecule has 5 heteroatoms. The highest BCUT2D eigenvalue weighted by Crippen LogP contribution is 2.27. The predicted octanol–water partition coefficient (Wildman–Crippen LogP) is 3.25. The van der Waals surface area contributed by atoms with Crippen molar-refractivity contribution in [2.45, 2.75) is 64.7 Å². The molecule has 1 saturated carbocycles. The third-order valence-electron chi connectivity index (χ3n) is 3.60. The lowest BCUT2D eigenvalue weighted by Gasteiger charge is -2.15. The van der Waals surface area contributed by atoms with Crippen molar-refractivity contribution in [3.8, 4) is 0 Å². The summed E-state index contributed by atoms with van der Waals surface area (Å²) in [6.45, 7) is 5.14. The molecule has 0 atom stereocenters. The van der Waals surface area contributed by atoms with Gasteiger partial charge in [-0.05, 0) is 26.7 Å². The van der Waals surface area contributed by atoms with E-state index in [1.165, 1.54) is 38.5 Å². The smallest absolute Gasteiger partial charge is 0.204 e. The molecule has 0 aromatic carbocycles. The summed E-state index contributed by atoms with van der Waals surface area (Å²) in [6, 6.07) is 0.493. The molecule has 0 amide bonds. The van der Waals surface area contributed by atoms with E-state index in [4.69, 9.17) is 9.47 Å². The lowest BCUT2D eigenvalue weighted by molar-refractivity contribution is -0.142. The molecule has 0 saturated heterocycles. The van der Waals surface area contributed by atoms with E-state index < -0.39 is 0 Å². The number of rotatable bonds is 6. The van der Waals surface area contributed by atoms with Crippen LogP contribution in [-0.2, 0) is 9.47 Å². The zero-order valence-electron chi connectivity index (χ0n) is 12.0. The van der Waals surface area contributed by atoms with E-state index in [0.29, 0.717) is 19.3 Å². The maximum absolute atomic E-state index is 5.56. The molecule has 0 radical (unpaired) electrons. The zero-order chi connectivity index (χ0) is 13.5. The second-order valence-corrected chi connectivity index (χ2v) is 5.01. The van der Waals surface area contributed by atoms with E-state index in [1.54, 1.807) is 0 Å². The van der Waals surface area contributed by atoms with Crippen LogP contribution in [0.2, 0.25) is 0 Å². The lowest BCUT2D eigenvalue weighted by Crippen LogP contribution is -2.10. The molecular formula is C14H25N3O2. The number of nitrogens with zero attached hydrogens (tertiary/aromatic N) is 3. The fraction of sp³-hybridized carbons (Fsp3) is 0.857. The third-order valence-corrected chi connectivity index (χ3v) is 3.60. The first kappa shape index (κ1) is 14.5. The molecule has 1 aromatic heterocycles. The van der Waals surface area contributed by atoms with Gasteiger partial charge in [0.15, 0.2) is 0 Å². The minimum Gasteiger partial charge on any atom is -0.347 e. The van der Waals surface area contributed by atoms with Crippen LogP contribution in [0.5, 0.6) is 0 Å². The van der Waals surface area contributed by atoms with E-state index in [1.807, 2.05) is 24.7 Å². The first-order valence-electron chi connectivity index (χ1n) is 7.50. The topological polar surface area (TPSA) is 49.2 Å². The zero-order valence-corrected chi connectivity index (χ0v) is 12.0. The van der Waals surface area contributed by atoms with Crippen LogP contribution >= 0.6 is 0 Å². The van der Waals surface area contributed by atoms with Crippen LogP contribution in [0.25, 0.3) is 0 Å². The van der Waals surface area contributed by atoms with Gasteiger partial charge in [-0.1, -0.05) is 30.9 Å². The Kier molecular flexibility index (Phi) is 5.79. The van der Waals surface area contributed by atoms with Gasteiger partial charge < -0.3 is 9.47 Å². The summed E-state index contributed by atoms with van der Waals surface area (Å²) in [6.07, 6.45) is 9.30. The van der Waals surface area contributed by atoms with E-state index in [9.17, 15) is 0 Å². The Morgan fingerprint density at radius 3 is 2.37 bits per heavy atom. The van der Waals surface area contributed by atoms with Crippen molar-refractivity contribution in [1.82, 2.24) is 15.0 Å². The molecule has 1 fully saturated rings. The van der Waals surface area contributed by atoms with Crippen LogP contribution in [0.3, 0.4) is 0 Å². The van der Waals surface area contributed by atoms with Crippen LogP contribution in [0.1, 0.15) is 70.4 Å². The summed E-state index contributed by atoms with van der Waals surface area (Å²) < 4.78 is 13.1. The van der Waals surface area contributed by atoms with Gasteiger partial charge in [0, 0.05) is 13.2 Å². The molecule has 0 bridgehead atoms. The first-order valence-corrected chi connectivity index (χ1v) is 7.50. The second-order valence-electron chi connectivity index (χ2n) is 5.01. The molecule has 0 spiro atoms. The Morgan fingerprint density at radius 2 is 1.79 bits per heavy atom. The Hall–Kier alpha value is -0.940. The van der Waals surface area contributed by atoms with Crippen molar-refractivity contribution in [3.63, 3.8) is 0 Å². The van der Waals surface area contributed by atoms with Gasteiger partial charge in [-0.15, -0.1) is 5.10 Å². The largest absolute Gasteiger partial charge is 0.347 e. The molecule has 1 aromatic rings. The van der Waals surface area contributed by atoms with Crippen molar-refractivity contribution in [1.29, 1.82) is 0 Å². The van der Waals surface area contributed by atoms with Crippen LogP contribution in [0.4, 0.5) is 0 Å². The quantitative estimate of drug-likeness (QED) is 0.586. The molecule has 0 unspecified atom stereocenters. The summed E-state index contributed by atoms with van der Waals surface area (Å²) in [7, 11) is 0. The standard InChI is InChI=1S/C14H25N3O2/c1-3-18-14(19-4-2)13-11-17(16-15-13)12-9-7-5-6-8-10-12/h11-12,14H,3-10H2,1-2H3. The molecule has 1 aliphatic rings. The Bertz CT molecular complexity index is 337. The second kappa shape index (κ2) is 7.60. The lowest BCUT2D eigenvalue weighted by atomic mass is 10.1. The predicted molar refractivity (Wildman–Crippen MR) is 72.8 cm³/mol. The molecule has 108 valence electrons. The monoisotopic (exact) mass is 267 g/mol. The van der Waals surface area contributed by atoms with Gasteiger partial charge in [0.05, 0.1) is 12.2 Å². The van der Waals surface area contributed by atoms with Gasteiger partial charge in [-0.3, -0.25) is 0 Å². The average molecular weight is 267 g/mol. The molecular weight excluding hydrogens is 242 g/mol. The van der Waals surface area contributed by atoms with Gasteiger partial charge in [0.1, 0.15) is 5.69 Å². The van der Waals surface area contributed by atoms with Gasteiger partial charge in [-0.25, -0.2) is 4.68 Å². The fourth-order valence-corrected chi connectivity index (χ4v) is 2.62. The maximum atomic E-state index is 5.56. The highest BCUT2D eigenvalue weighted by atomic mass is 16.7. The van der Waals surface area contributed by atoms with Crippen LogP contribution in [0.15, 0.2) is 6.20 Å². The SMILES string of the molecule is CCOC(OCC)c1cn(C2CCCCCC2)nn1. The molecule has 19 heavy (non-hydrogen) atoms. The Balaban J connectivity index is 2.03. The van der Waals surface area contributed by atoms with E-state index >= 15 is 0 Å². The molecule has 2 rings (SSSR count). The highest BCUT2D eigenvalue weighted by molar-refractivity contribution is 4.96. The molecule has 1 heterocycles. The first-order chi connectivity index (χ1) is 9.35. The Labute approximate surface area is 115 Å². The highest BCUT2D eigenvalue weighted by Gasteiger charge is 2.20. The summed E-state index contributed by atoms with van der Waals surface area (Å²) in [5.41, 5.74) is 0.785. The van der Waals surface area contributed by atoms with Crippen LogP contribution in [-0.4, -0.2) is 28.2 Å². The number of hydrogen-bond acceptors (Lipinski definition) is 4. The minimum absolute atomic E-state index is 0.380. The summed E-state index contributed by atoms with van der Waals surface area (Å²) in [4.78, 5) is 0. The number of ether oxygens (including phenoxy) is 2.